The van der Waals surface area contributed by atoms with Crippen LogP contribution >= 0.6 is 0 Å². The van der Waals surface area contributed by atoms with Crippen LogP contribution in [0.3, 0.4) is 0 Å². The molecule has 0 spiro atoms. The van der Waals surface area contributed by atoms with Gasteiger partial charge in [-0.3, -0.25) is 0 Å². The molecule has 0 amide bonds. The average Bonchev–Trinajstić information content (AvgIpc) is 2.22. The molecule has 0 rings (SSSR count). The smallest absolute Gasteiger partial charge is 0.339 e. The molecule has 3 nitrogen and oxygen atoms in total. The van der Waals surface area contributed by atoms with Crippen molar-refractivity contribution < 1.29 is 8.85 Å². The molecular weight excluding hydrogens is 194 g/mol. The Kier molecular flexibility index (Phi) is 8.47. The summed E-state index contributed by atoms with van der Waals surface area (Å²) in [7, 11) is -1.94. The van der Waals surface area contributed by atoms with E-state index in [0.29, 0.717) is 6.54 Å². The van der Waals surface area contributed by atoms with E-state index in [2.05, 4.69) is 20.8 Å². The highest BCUT2D eigenvalue weighted by atomic mass is 28.4. The van der Waals surface area contributed by atoms with Gasteiger partial charge in [-0.25, -0.2) is 0 Å². The lowest BCUT2D eigenvalue weighted by Gasteiger charge is -2.29. The second-order valence-corrected chi connectivity index (χ2v) is 7.11. The van der Waals surface area contributed by atoms with Gasteiger partial charge < -0.3 is 14.6 Å². The maximum absolute atomic E-state index is 5.91. The maximum atomic E-state index is 5.91. The second kappa shape index (κ2) is 8.41. The van der Waals surface area contributed by atoms with Crippen LogP contribution in [0.2, 0.25) is 12.1 Å². The van der Waals surface area contributed by atoms with Crippen molar-refractivity contribution in [3.63, 3.8) is 0 Å². The zero-order valence-electron chi connectivity index (χ0n) is 9.84. The molecular formula is C10H25NO2Si. The molecule has 0 aromatic rings. The fourth-order valence-electron chi connectivity index (χ4n) is 1.36. The Morgan fingerprint density at radius 1 is 1.00 bits per heavy atom. The average molecular weight is 219 g/mol. The van der Waals surface area contributed by atoms with Gasteiger partial charge in [-0.05, 0) is 25.4 Å². The topological polar surface area (TPSA) is 44.5 Å². The monoisotopic (exact) mass is 219 g/mol. The molecule has 86 valence electrons. The lowest BCUT2D eigenvalue weighted by molar-refractivity contribution is 0.168. The summed E-state index contributed by atoms with van der Waals surface area (Å²) in [6, 6.07) is 1.92. The number of hydrogen-bond donors (Lipinski definition) is 1. The highest BCUT2D eigenvalue weighted by molar-refractivity contribution is 6.67. The fourth-order valence-corrected chi connectivity index (χ4v) is 4.09. The minimum atomic E-state index is -1.94. The third kappa shape index (κ3) is 5.10. The molecule has 0 saturated heterocycles. The van der Waals surface area contributed by atoms with Crippen LogP contribution in [-0.4, -0.2) is 28.3 Å². The van der Waals surface area contributed by atoms with E-state index in [1.54, 1.807) is 0 Å². The first-order valence-corrected chi connectivity index (χ1v) is 7.95. The maximum Gasteiger partial charge on any atom is 0.339 e. The first kappa shape index (κ1) is 14.1. The van der Waals surface area contributed by atoms with Gasteiger partial charge in [-0.15, -0.1) is 0 Å². The molecule has 2 N–H and O–H groups in total. The molecule has 0 bridgehead atoms. The molecule has 4 heteroatoms. The van der Waals surface area contributed by atoms with E-state index in [1.807, 2.05) is 0 Å². The van der Waals surface area contributed by atoms with E-state index < -0.39 is 8.56 Å². The lowest BCUT2D eigenvalue weighted by Crippen LogP contribution is -2.43. The number of rotatable bonds is 9. The number of hydrogen-bond acceptors (Lipinski definition) is 3. The molecule has 0 radical (unpaired) electrons. The van der Waals surface area contributed by atoms with Gasteiger partial charge in [0.15, 0.2) is 0 Å². The summed E-state index contributed by atoms with van der Waals surface area (Å²) in [5.41, 5.74) is 5.61. The standard InChI is InChI=1S/C10H25NO2Si/c1-4-8-12-14(6-3,10-7-11)13-9-5-2/h4-11H2,1-3H3. The third-order valence-corrected chi connectivity index (χ3v) is 5.79. The molecule has 14 heavy (non-hydrogen) atoms. The van der Waals surface area contributed by atoms with Crippen molar-refractivity contribution in [2.75, 3.05) is 19.8 Å². The SMILES string of the molecule is CCCO[Si](CC)(CCN)OCCC. The normalized spacial score (nSPS) is 12.0. The Morgan fingerprint density at radius 2 is 1.50 bits per heavy atom. The Bertz CT molecular complexity index is 125. The van der Waals surface area contributed by atoms with Crippen LogP contribution in [0.5, 0.6) is 0 Å². The van der Waals surface area contributed by atoms with Gasteiger partial charge in [-0.2, -0.15) is 0 Å². The lowest BCUT2D eigenvalue weighted by atomic mass is 10.5. The summed E-state index contributed by atoms with van der Waals surface area (Å²) >= 11 is 0. The van der Waals surface area contributed by atoms with Gasteiger partial charge in [-0.1, -0.05) is 20.8 Å². The molecule has 0 heterocycles. The van der Waals surface area contributed by atoms with Crippen molar-refractivity contribution >= 4 is 8.56 Å². The zero-order valence-corrected chi connectivity index (χ0v) is 10.8. The van der Waals surface area contributed by atoms with Crippen molar-refractivity contribution in [1.82, 2.24) is 0 Å². The molecule has 0 fully saturated rings. The van der Waals surface area contributed by atoms with E-state index >= 15 is 0 Å². The van der Waals surface area contributed by atoms with Gasteiger partial charge >= 0.3 is 8.56 Å². The summed E-state index contributed by atoms with van der Waals surface area (Å²) in [6.45, 7) is 8.68. The van der Waals surface area contributed by atoms with Gasteiger partial charge in [0.05, 0.1) is 0 Å². The first-order valence-electron chi connectivity index (χ1n) is 5.72. The molecule has 0 aliphatic heterocycles. The van der Waals surface area contributed by atoms with E-state index in [-0.39, 0.29) is 0 Å². The molecule has 0 aliphatic carbocycles. The van der Waals surface area contributed by atoms with Crippen LogP contribution < -0.4 is 5.73 Å². The molecule has 0 aromatic carbocycles. The van der Waals surface area contributed by atoms with E-state index in [4.69, 9.17) is 14.6 Å². The molecule has 0 aliphatic rings. The van der Waals surface area contributed by atoms with Crippen molar-refractivity contribution in [2.45, 2.75) is 45.7 Å². The van der Waals surface area contributed by atoms with Crippen LogP contribution in [-0.2, 0) is 8.85 Å². The summed E-state index contributed by atoms with van der Waals surface area (Å²) in [5, 5.41) is 0. The zero-order chi connectivity index (χ0) is 10.9. The van der Waals surface area contributed by atoms with Gasteiger partial charge in [0.25, 0.3) is 0 Å². The third-order valence-electron chi connectivity index (χ3n) is 2.20. The minimum absolute atomic E-state index is 0.674. The van der Waals surface area contributed by atoms with Crippen LogP contribution in [0.15, 0.2) is 0 Å². The molecule has 0 aromatic heterocycles. The highest BCUT2D eigenvalue weighted by Crippen LogP contribution is 2.18. The second-order valence-electron chi connectivity index (χ2n) is 3.50. The van der Waals surface area contributed by atoms with Crippen LogP contribution in [0.4, 0.5) is 0 Å². The van der Waals surface area contributed by atoms with Crippen LogP contribution in [0, 0.1) is 0 Å². The predicted molar refractivity (Wildman–Crippen MR) is 62.6 cm³/mol. The van der Waals surface area contributed by atoms with Gasteiger partial charge in [0, 0.05) is 19.3 Å². The Balaban J connectivity index is 4.11. The molecule has 0 unspecified atom stereocenters. The van der Waals surface area contributed by atoms with Gasteiger partial charge in [0.1, 0.15) is 0 Å². The quantitative estimate of drug-likeness (QED) is 0.605. The van der Waals surface area contributed by atoms with Crippen LogP contribution in [0.25, 0.3) is 0 Å². The summed E-state index contributed by atoms with van der Waals surface area (Å²) in [6.07, 6.45) is 2.10. The van der Waals surface area contributed by atoms with Gasteiger partial charge in [0.2, 0.25) is 0 Å². The number of nitrogens with two attached hydrogens (primary N) is 1. The minimum Gasteiger partial charge on any atom is -0.394 e. The van der Waals surface area contributed by atoms with Crippen LogP contribution in [0.1, 0.15) is 33.6 Å². The first-order chi connectivity index (χ1) is 6.74. The molecule has 0 atom stereocenters. The Labute approximate surface area is 89.2 Å². The Morgan fingerprint density at radius 3 is 1.79 bits per heavy atom. The van der Waals surface area contributed by atoms with Crippen molar-refractivity contribution in [1.29, 1.82) is 0 Å². The molecule has 0 saturated carbocycles. The van der Waals surface area contributed by atoms with Crippen molar-refractivity contribution in [3.8, 4) is 0 Å². The Hall–Kier alpha value is 0.0969. The predicted octanol–water partition coefficient (Wildman–Crippen LogP) is 2.26. The fraction of sp³-hybridized carbons (Fsp3) is 1.00. The van der Waals surface area contributed by atoms with E-state index in [9.17, 15) is 0 Å². The van der Waals surface area contributed by atoms with E-state index in [1.165, 1.54) is 0 Å². The van der Waals surface area contributed by atoms with E-state index in [0.717, 1.165) is 38.1 Å². The highest BCUT2D eigenvalue weighted by Gasteiger charge is 2.34. The largest absolute Gasteiger partial charge is 0.394 e. The van der Waals surface area contributed by atoms with Crippen molar-refractivity contribution in [2.24, 2.45) is 5.73 Å². The summed E-state index contributed by atoms with van der Waals surface area (Å²) < 4.78 is 11.8. The summed E-state index contributed by atoms with van der Waals surface area (Å²) in [4.78, 5) is 0. The summed E-state index contributed by atoms with van der Waals surface area (Å²) in [5.74, 6) is 0. The van der Waals surface area contributed by atoms with Crippen molar-refractivity contribution in [3.05, 3.63) is 0 Å².